The second-order valence-electron chi connectivity index (χ2n) is 10.1. The topological polar surface area (TPSA) is 124 Å². The molecule has 3 N–H and O–H groups in total. The molecule has 0 unspecified atom stereocenters. The number of hydrogen-bond acceptors (Lipinski definition) is 7. The fourth-order valence-electron chi connectivity index (χ4n) is 4.77. The van der Waals surface area contributed by atoms with Gasteiger partial charge in [0.1, 0.15) is 0 Å². The number of carbonyl (C=O) groups is 2. The van der Waals surface area contributed by atoms with Crippen LogP contribution >= 0.6 is 22.9 Å². The number of nitrogens with one attached hydrogen (secondary N) is 1. The maximum absolute atomic E-state index is 13.5. The third kappa shape index (κ3) is 4.58. The lowest BCUT2D eigenvalue weighted by Gasteiger charge is -2.36. The smallest absolute Gasteiger partial charge is 0.264 e. The number of aliphatic hydroxyl groups is 2. The van der Waals surface area contributed by atoms with Crippen LogP contribution in [0.25, 0.3) is 0 Å². The number of carbonyl (C=O) groups excluding carboxylic acids is 2. The molecule has 196 valence electrons. The lowest BCUT2D eigenvalue weighted by molar-refractivity contribution is 0.0676. The van der Waals surface area contributed by atoms with Crippen LogP contribution in [0.2, 0.25) is 5.02 Å². The van der Waals surface area contributed by atoms with Crippen LogP contribution in [0.15, 0.2) is 24.3 Å². The van der Waals surface area contributed by atoms with Crippen molar-refractivity contribution < 1.29 is 28.2 Å². The Bertz CT molecular complexity index is 1280. The fraction of sp³-hybridized carbons (Fsp3) is 0.520. The molecule has 0 bridgehead atoms. The summed E-state index contributed by atoms with van der Waals surface area (Å²) in [6.07, 6.45) is -0.170. The van der Waals surface area contributed by atoms with Crippen LogP contribution < -0.4 is 5.32 Å². The van der Waals surface area contributed by atoms with Crippen molar-refractivity contribution in [3.63, 3.8) is 0 Å². The van der Waals surface area contributed by atoms with E-state index in [1.165, 1.54) is 25.2 Å². The molecule has 0 spiro atoms. The molecule has 36 heavy (non-hydrogen) atoms. The first-order valence-electron chi connectivity index (χ1n) is 11.8. The van der Waals surface area contributed by atoms with E-state index in [0.717, 1.165) is 10.4 Å². The number of aliphatic hydroxyl groups excluding tert-OH is 2. The summed E-state index contributed by atoms with van der Waals surface area (Å²) in [6.45, 7) is 4.64. The highest BCUT2D eigenvalue weighted by molar-refractivity contribution is 7.94. The Hall–Kier alpha value is -1.98. The minimum Gasteiger partial charge on any atom is -0.394 e. The SMILES string of the molecule is Cc1sc2c(c1C(=O)NCc1ccc(Cl)cc1)CCN(CC1(S(=O)(=O)C(C)(C)[C@@H](O)CO)CC1)C2=O. The molecule has 1 atom stereocenters. The maximum Gasteiger partial charge on any atom is 0.264 e. The van der Waals surface area contributed by atoms with E-state index in [1.807, 2.05) is 19.1 Å². The van der Waals surface area contributed by atoms with E-state index in [1.54, 1.807) is 17.0 Å². The van der Waals surface area contributed by atoms with Crippen LogP contribution in [0.5, 0.6) is 0 Å². The average Bonchev–Trinajstić information content (AvgIpc) is 3.55. The molecule has 8 nitrogen and oxygen atoms in total. The summed E-state index contributed by atoms with van der Waals surface area (Å²) in [7, 11) is -3.86. The Morgan fingerprint density at radius 2 is 1.92 bits per heavy atom. The quantitative estimate of drug-likeness (QED) is 0.438. The lowest BCUT2D eigenvalue weighted by atomic mass is 10.0. The number of aryl methyl sites for hydroxylation is 1. The lowest BCUT2D eigenvalue weighted by Crippen LogP contribution is -2.55. The van der Waals surface area contributed by atoms with Gasteiger partial charge in [0.05, 0.1) is 32.6 Å². The van der Waals surface area contributed by atoms with Gasteiger partial charge in [-0.05, 0) is 63.3 Å². The van der Waals surface area contributed by atoms with E-state index in [4.69, 9.17) is 11.6 Å². The molecule has 1 aliphatic carbocycles. The van der Waals surface area contributed by atoms with Crippen LogP contribution in [0.1, 0.15) is 62.7 Å². The summed E-state index contributed by atoms with van der Waals surface area (Å²) in [5.74, 6) is -0.523. The van der Waals surface area contributed by atoms with Crippen LogP contribution in [0.4, 0.5) is 0 Å². The van der Waals surface area contributed by atoms with Crippen molar-refractivity contribution in [2.75, 3.05) is 19.7 Å². The molecule has 2 amide bonds. The molecule has 0 saturated heterocycles. The Balaban J connectivity index is 1.51. The molecule has 1 aromatic carbocycles. The first-order valence-corrected chi connectivity index (χ1v) is 14.5. The largest absolute Gasteiger partial charge is 0.394 e. The molecule has 1 aliphatic heterocycles. The monoisotopic (exact) mass is 554 g/mol. The predicted octanol–water partition coefficient (Wildman–Crippen LogP) is 2.72. The van der Waals surface area contributed by atoms with Gasteiger partial charge in [-0.3, -0.25) is 9.59 Å². The molecule has 0 radical (unpaired) electrons. The number of nitrogens with zero attached hydrogens (tertiary/aromatic N) is 1. The number of amides is 2. The van der Waals surface area contributed by atoms with Crippen molar-refractivity contribution in [3.8, 4) is 0 Å². The Kier molecular flexibility index (Phi) is 7.31. The van der Waals surface area contributed by atoms with E-state index < -0.39 is 32.0 Å². The van der Waals surface area contributed by atoms with E-state index in [-0.39, 0.29) is 18.4 Å². The zero-order valence-electron chi connectivity index (χ0n) is 20.5. The number of thiophene rings is 1. The summed E-state index contributed by atoms with van der Waals surface area (Å²) >= 11 is 7.17. The molecule has 2 aromatic rings. The summed E-state index contributed by atoms with van der Waals surface area (Å²) < 4.78 is 24.2. The highest BCUT2D eigenvalue weighted by atomic mass is 35.5. The third-order valence-electron chi connectivity index (χ3n) is 7.41. The first kappa shape index (κ1) is 27.1. The van der Waals surface area contributed by atoms with Crippen LogP contribution in [0.3, 0.4) is 0 Å². The molecule has 11 heteroatoms. The molecule has 1 saturated carbocycles. The van der Waals surface area contributed by atoms with Crippen molar-refractivity contribution in [1.82, 2.24) is 10.2 Å². The van der Waals surface area contributed by atoms with E-state index in [0.29, 0.717) is 53.4 Å². The Labute approximate surface area is 220 Å². The summed E-state index contributed by atoms with van der Waals surface area (Å²) in [5, 5.41) is 23.1. The molecule has 1 aromatic heterocycles. The second kappa shape index (κ2) is 9.72. The molecule has 2 aliphatic rings. The number of fused-ring (bicyclic) bond motifs is 1. The van der Waals surface area contributed by atoms with Gasteiger partial charge in [-0.15, -0.1) is 11.3 Å². The van der Waals surface area contributed by atoms with Gasteiger partial charge in [-0.1, -0.05) is 23.7 Å². The average molecular weight is 555 g/mol. The first-order chi connectivity index (χ1) is 16.8. The second-order valence-corrected chi connectivity index (χ2v) is 14.7. The van der Waals surface area contributed by atoms with Gasteiger partial charge < -0.3 is 20.4 Å². The van der Waals surface area contributed by atoms with Crippen molar-refractivity contribution >= 4 is 44.6 Å². The number of benzene rings is 1. The minimum absolute atomic E-state index is 0.0320. The zero-order chi connectivity index (χ0) is 26.5. The van der Waals surface area contributed by atoms with Gasteiger partial charge in [-0.25, -0.2) is 8.42 Å². The summed E-state index contributed by atoms with van der Waals surface area (Å²) in [5.41, 5.74) is 2.12. The van der Waals surface area contributed by atoms with Crippen LogP contribution in [-0.2, 0) is 22.8 Å². The Morgan fingerprint density at radius 3 is 2.50 bits per heavy atom. The highest BCUT2D eigenvalue weighted by Gasteiger charge is 2.62. The fourth-order valence-corrected chi connectivity index (χ4v) is 8.58. The zero-order valence-corrected chi connectivity index (χ0v) is 22.9. The Morgan fingerprint density at radius 1 is 1.28 bits per heavy atom. The van der Waals surface area contributed by atoms with E-state index in [2.05, 4.69) is 5.32 Å². The van der Waals surface area contributed by atoms with E-state index >= 15 is 0 Å². The van der Waals surface area contributed by atoms with Crippen molar-refractivity contribution in [2.45, 2.75) is 62.2 Å². The van der Waals surface area contributed by atoms with Gasteiger partial charge >= 0.3 is 0 Å². The molecule has 2 heterocycles. The van der Waals surface area contributed by atoms with Gasteiger partial charge in [0.2, 0.25) is 0 Å². The van der Waals surface area contributed by atoms with Crippen molar-refractivity contribution in [1.29, 1.82) is 0 Å². The molecule has 4 rings (SSSR count). The molecular formula is C25H31ClN2O6S2. The van der Waals surface area contributed by atoms with Crippen LogP contribution in [0, 0.1) is 6.92 Å². The normalized spacial score (nSPS) is 18.1. The number of rotatable bonds is 9. The molecule has 1 fully saturated rings. The summed E-state index contributed by atoms with van der Waals surface area (Å²) in [4.78, 5) is 29.2. The summed E-state index contributed by atoms with van der Waals surface area (Å²) in [6, 6.07) is 7.18. The van der Waals surface area contributed by atoms with E-state index in [9.17, 15) is 28.2 Å². The van der Waals surface area contributed by atoms with Crippen molar-refractivity contribution in [2.24, 2.45) is 0 Å². The van der Waals surface area contributed by atoms with Gasteiger partial charge in [0.25, 0.3) is 11.8 Å². The third-order valence-corrected chi connectivity index (χ3v) is 12.1. The minimum atomic E-state index is -3.86. The molecular weight excluding hydrogens is 524 g/mol. The van der Waals surface area contributed by atoms with Gasteiger partial charge in [0.15, 0.2) is 9.84 Å². The van der Waals surface area contributed by atoms with Crippen molar-refractivity contribution in [3.05, 3.63) is 55.7 Å². The highest BCUT2D eigenvalue weighted by Crippen LogP contribution is 2.50. The number of sulfone groups is 1. The maximum atomic E-state index is 13.5. The van der Waals surface area contributed by atoms with Crippen LogP contribution in [-0.4, -0.2) is 70.6 Å². The number of halogens is 1. The number of hydrogen-bond donors (Lipinski definition) is 3. The predicted molar refractivity (Wildman–Crippen MR) is 139 cm³/mol. The standard InChI is InChI=1S/C25H31ClN2O6S2/c1-15-20(22(31)27-12-16-4-6-17(26)7-5-16)18-8-11-28(23(32)21(18)35-15)14-25(9-10-25)36(33,34)24(2,3)19(30)13-29/h4-7,19,29-30H,8-14H2,1-3H3,(H,27,31)/t19-/m0/s1. The van der Waals surface area contributed by atoms with Gasteiger partial charge in [-0.2, -0.15) is 0 Å². The van der Waals surface area contributed by atoms with Gasteiger partial charge in [0, 0.05) is 29.5 Å².